The fraction of sp³-hybridized carbons (Fsp3) is 0.0294. The van der Waals surface area contributed by atoms with Gasteiger partial charge in [0.1, 0.15) is 22.8 Å². The molecular formula is C34H22ClN3O4. The van der Waals surface area contributed by atoms with Crippen LogP contribution in [0.2, 0.25) is 5.02 Å². The van der Waals surface area contributed by atoms with Crippen molar-refractivity contribution in [3.63, 3.8) is 0 Å². The van der Waals surface area contributed by atoms with Gasteiger partial charge in [0, 0.05) is 44.9 Å². The molecule has 0 radical (unpaired) electrons. The second-order valence-corrected chi connectivity index (χ2v) is 10.5. The van der Waals surface area contributed by atoms with Gasteiger partial charge < -0.3 is 14.6 Å². The molecule has 0 aliphatic rings. The molecule has 3 aromatic heterocycles. The van der Waals surface area contributed by atoms with Crippen LogP contribution in [0.25, 0.3) is 61.2 Å². The number of halogens is 1. The summed E-state index contributed by atoms with van der Waals surface area (Å²) >= 11 is 6.21. The molecule has 0 aliphatic heterocycles. The highest BCUT2D eigenvalue weighted by Crippen LogP contribution is 2.40. The summed E-state index contributed by atoms with van der Waals surface area (Å²) in [5.74, 6) is -0.221. The Labute approximate surface area is 244 Å². The standard InChI is InChI=1S/C34H22ClN3O4/c1-19-7-13-25-30(15-19)42-34(41)31-26(17-28(36-33(25)31)24-14-12-23(39)16-29(24)40)27-18-38(22-5-3-2-4-6-22)37-32(27)20-8-10-21(35)11-9-20/h2-18,39-40H,1H3. The molecule has 0 unspecified atom stereocenters. The first-order chi connectivity index (χ1) is 20.4. The highest BCUT2D eigenvalue weighted by molar-refractivity contribution is 6.30. The van der Waals surface area contributed by atoms with Crippen molar-refractivity contribution in [2.24, 2.45) is 0 Å². The molecule has 2 N–H and O–H groups in total. The monoisotopic (exact) mass is 571 g/mol. The van der Waals surface area contributed by atoms with Crippen molar-refractivity contribution in [2.75, 3.05) is 0 Å². The summed E-state index contributed by atoms with van der Waals surface area (Å²) in [6, 6.07) is 28.7. The van der Waals surface area contributed by atoms with Crippen molar-refractivity contribution in [3.8, 4) is 50.8 Å². The Balaban J connectivity index is 1.61. The number of para-hydroxylation sites is 1. The normalized spacial score (nSPS) is 11.4. The summed E-state index contributed by atoms with van der Waals surface area (Å²) in [4.78, 5) is 18.6. The maximum Gasteiger partial charge on any atom is 0.346 e. The van der Waals surface area contributed by atoms with Crippen LogP contribution in [0.5, 0.6) is 11.5 Å². The molecule has 7 rings (SSSR count). The van der Waals surface area contributed by atoms with E-state index in [-0.39, 0.29) is 16.9 Å². The SMILES string of the molecule is Cc1ccc2c(c1)oc(=O)c1c(-c3cn(-c4ccccc4)nc3-c3ccc(Cl)cc3)cc(-c3ccc(O)cc3O)nc12. The molecule has 0 aliphatic carbocycles. The van der Waals surface area contributed by atoms with Gasteiger partial charge in [-0.2, -0.15) is 5.10 Å². The molecule has 0 bridgehead atoms. The van der Waals surface area contributed by atoms with Crippen molar-refractivity contribution >= 4 is 33.5 Å². The number of aromatic nitrogens is 3. The summed E-state index contributed by atoms with van der Waals surface area (Å²) < 4.78 is 7.59. The summed E-state index contributed by atoms with van der Waals surface area (Å²) in [7, 11) is 0. The van der Waals surface area contributed by atoms with Crippen LogP contribution in [0, 0.1) is 6.92 Å². The van der Waals surface area contributed by atoms with Gasteiger partial charge in [0.05, 0.1) is 22.3 Å². The van der Waals surface area contributed by atoms with Crippen LogP contribution < -0.4 is 5.63 Å². The molecule has 0 spiro atoms. The van der Waals surface area contributed by atoms with E-state index in [2.05, 4.69) is 0 Å². The molecule has 42 heavy (non-hydrogen) atoms. The molecule has 3 heterocycles. The number of aryl methyl sites for hydroxylation is 1. The Kier molecular flexibility index (Phi) is 6.03. The Morgan fingerprint density at radius 3 is 2.38 bits per heavy atom. The average Bonchev–Trinajstić information content (AvgIpc) is 3.43. The van der Waals surface area contributed by atoms with Crippen molar-refractivity contribution < 1.29 is 14.6 Å². The summed E-state index contributed by atoms with van der Waals surface area (Å²) in [6.45, 7) is 1.92. The van der Waals surface area contributed by atoms with Gasteiger partial charge >= 0.3 is 5.63 Å². The predicted molar refractivity (Wildman–Crippen MR) is 164 cm³/mol. The van der Waals surface area contributed by atoms with E-state index in [1.807, 2.05) is 67.7 Å². The average molecular weight is 572 g/mol. The zero-order chi connectivity index (χ0) is 29.0. The van der Waals surface area contributed by atoms with Crippen molar-refractivity contribution in [1.29, 1.82) is 0 Å². The van der Waals surface area contributed by atoms with Gasteiger partial charge in [-0.25, -0.2) is 14.5 Å². The first kappa shape index (κ1) is 25.6. The lowest BCUT2D eigenvalue weighted by atomic mass is 9.96. The Morgan fingerprint density at radius 2 is 1.62 bits per heavy atom. The van der Waals surface area contributed by atoms with Gasteiger partial charge in [0.15, 0.2) is 0 Å². The van der Waals surface area contributed by atoms with Crippen LogP contribution in [-0.2, 0) is 0 Å². The van der Waals surface area contributed by atoms with E-state index in [1.54, 1.807) is 35.0 Å². The first-order valence-electron chi connectivity index (χ1n) is 13.2. The number of phenols is 2. The lowest BCUT2D eigenvalue weighted by molar-refractivity contribution is 0.452. The fourth-order valence-electron chi connectivity index (χ4n) is 5.20. The molecule has 8 heteroatoms. The fourth-order valence-corrected chi connectivity index (χ4v) is 5.33. The molecule has 7 nitrogen and oxygen atoms in total. The number of hydrogen-bond acceptors (Lipinski definition) is 6. The van der Waals surface area contributed by atoms with Gasteiger partial charge in [-0.1, -0.05) is 48.0 Å². The quantitative estimate of drug-likeness (QED) is 0.164. The Morgan fingerprint density at radius 1 is 0.833 bits per heavy atom. The number of fused-ring (bicyclic) bond motifs is 3. The van der Waals surface area contributed by atoms with Crippen molar-refractivity contribution in [2.45, 2.75) is 6.92 Å². The Hall–Kier alpha value is -5.40. The molecule has 4 aromatic carbocycles. The number of phenolic OH excluding ortho intramolecular Hbond substituents is 2. The molecule has 0 saturated carbocycles. The lowest BCUT2D eigenvalue weighted by Crippen LogP contribution is -2.05. The van der Waals surface area contributed by atoms with E-state index in [0.717, 1.165) is 16.8 Å². The molecule has 0 amide bonds. The minimum atomic E-state index is -0.540. The van der Waals surface area contributed by atoms with Crippen molar-refractivity contribution in [3.05, 3.63) is 124 Å². The van der Waals surface area contributed by atoms with Crippen LogP contribution in [0.1, 0.15) is 5.56 Å². The largest absolute Gasteiger partial charge is 0.508 e. The van der Waals surface area contributed by atoms with Gasteiger partial charge in [-0.3, -0.25) is 0 Å². The van der Waals surface area contributed by atoms with Crippen LogP contribution >= 0.6 is 11.6 Å². The van der Waals surface area contributed by atoms with Crippen molar-refractivity contribution in [1.82, 2.24) is 14.8 Å². The zero-order valence-corrected chi connectivity index (χ0v) is 23.0. The third-order valence-electron chi connectivity index (χ3n) is 7.22. The molecule has 0 atom stereocenters. The molecule has 204 valence electrons. The minimum absolute atomic E-state index is 0.0759. The van der Waals surface area contributed by atoms with E-state index < -0.39 is 5.63 Å². The van der Waals surface area contributed by atoms with E-state index in [1.165, 1.54) is 12.1 Å². The first-order valence-corrected chi connectivity index (χ1v) is 13.6. The topological polar surface area (TPSA) is 101 Å². The number of nitrogens with zero attached hydrogens (tertiary/aromatic N) is 3. The summed E-state index contributed by atoms with van der Waals surface area (Å²) in [6.07, 6.45) is 1.87. The second kappa shape index (κ2) is 9.90. The second-order valence-electron chi connectivity index (χ2n) is 10.0. The van der Waals surface area contributed by atoms with Gasteiger partial charge in [-0.15, -0.1) is 0 Å². The maximum atomic E-state index is 13.7. The van der Waals surface area contributed by atoms with E-state index in [4.69, 9.17) is 26.1 Å². The number of rotatable bonds is 4. The highest BCUT2D eigenvalue weighted by Gasteiger charge is 2.23. The number of hydrogen-bond donors (Lipinski definition) is 2. The molecule has 0 saturated heterocycles. The third-order valence-corrected chi connectivity index (χ3v) is 7.47. The molecule has 0 fully saturated rings. The van der Waals surface area contributed by atoms with E-state index in [9.17, 15) is 15.0 Å². The zero-order valence-electron chi connectivity index (χ0n) is 22.2. The van der Waals surface area contributed by atoms with E-state index in [0.29, 0.717) is 49.6 Å². The number of aromatic hydroxyl groups is 2. The van der Waals surface area contributed by atoms with E-state index >= 15 is 0 Å². The Bertz CT molecular complexity index is 2200. The minimum Gasteiger partial charge on any atom is -0.508 e. The van der Waals surface area contributed by atoms with Crippen LogP contribution in [0.3, 0.4) is 0 Å². The molecule has 7 aromatic rings. The number of pyridine rings is 1. The van der Waals surface area contributed by atoms with Gasteiger partial charge in [0.2, 0.25) is 0 Å². The smallest absolute Gasteiger partial charge is 0.346 e. The maximum absolute atomic E-state index is 13.7. The summed E-state index contributed by atoms with van der Waals surface area (Å²) in [5.41, 5.74) is 5.49. The van der Waals surface area contributed by atoms with Crippen LogP contribution in [-0.4, -0.2) is 25.0 Å². The van der Waals surface area contributed by atoms with Gasteiger partial charge in [0.25, 0.3) is 0 Å². The lowest BCUT2D eigenvalue weighted by Gasteiger charge is -2.12. The number of benzene rings is 4. The highest BCUT2D eigenvalue weighted by atomic mass is 35.5. The third kappa shape index (κ3) is 4.36. The predicted octanol–water partition coefficient (Wildman–Crippen LogP) is 7.90. The van der Waals surface area contributed by atoms with Gasteiger partial charge in [-0.05, 0) is 67.1 Å². The van der Waals surface area contributed by atoms with Crippen LogP contribution in [0.4, 0.5) is 0 Å². The molecular weight excluding hydrogens is 550 g/mol. The van der Waals surface area contributed by atoms with Crippen LogP contribution in [0.15, 0.2) is 112 Å². The summed E-state index contributed by atoms with van der Waals surface area (Å²) in [5, 5.41) is 27.2.